The fourth-order valence-corrected chi connectivity index (χ4v) is 11.1. The van der Waals surface area contributed by atoms with E-state index in [1.807, 2.05) is 0 Å². The number of hydrogen-bond acceptors (Lipinski definition) is 10. The third-order valence-electron chi connectivity index (χ3n) is 15.4. The Labute approximate surface area is 449 Å². The van der Waals surface area contributed by atoms with E-state index < -0.39 is 59.9 Å². The molecule has 7 atom stereocenters. The van der Waals surface area contributed by atoms with Crippen LogP contribution in [0.2, 0.25) is 0 Å². The first-order chi connectivity index (χ1) is 35.5. The van der Waals surface area contributed by atoms with E-state index in [4.69, 9.17) is 9.47 Å². The van der Waals surface area contributed by atoms with E-state index in [2.05, 4.69) is 23.3 Å². The highest BCUT2D eigenvalue weighted by Crippen LogP contribution is 2.26. The summed E-state index contributed by atoms with van der Waals surface area (Å²) in [4.78, 5) is 13.2. The summed E-state index contributed by atoms with van der Waals surface area (Å²) in [5.41, 5.74) is 0. The molecule has 0 bridgehead atoms. The third-order valence-corrected chi connectivity index (χ3v) is 15.9. The van der Waals surface area contributed by atoms with Crippen LogP contribution < -0.4 is 5.32 Å². The van der Waals surface area contributed by atoms with Gasteiger partial charge in [0, 0.05) is 6.42 Å². The summed E-state index contributed by atoms with van der Waals surface area (Å²) in [5.74, 6) is -0.221. The number of hydrogen-bond donors (Lipinski definition) is 6. The maximum atomic E-state index is 13.2. The van der Waals surface area contributed by atoms with Crippen LogP contribution in [0.15, 0.2) is 0 Å². The monoisotopic (exact) mass is 1060 g/mol. The maximum absolute atomic E-state index is 13.2. The number of nitrogens with one attached hydrogen (secondary N) is 1. The van der Waals surface area contributed by atoms with Gasteiger partial charge in [0.2, 0.25) is 5.91 Å². The van der Waals surface area contributed by atoms with Gasteiger partial charge in [0.05, 0.1) is 25.4 Å². The van der Waals surface area contributed by atoms with Crippen molar-refractivity contribution >= 4 is 16.3 Å². The second-order valence-corrected chi connectivity index (χ2v) is 23.4. The molecule has 12 nitrogen and oxygen atoms in total. The lowest BCUT2D eigenvalue weighted by atomic mass is 9.99. The standard InChI is InChI=1S/C60H119NO11S/c1-3-5-7-9-11-13-15-17-19-21-23-24-25-26-27-28-29-30-32-34-36-38-40-42-44-46-48-50-56(64)61-53(52-70-60-58(66)59(72-73(67,68)69)57(65)55(51-62)71-60)54(63)49-47-45-43-41-39-37-35-33-31-22-20-18-16-14-12-10-8-6-4-2/h53-55,57-60,62-63,65-66H,3-52H2,1-2H3,(H,61,64)(H,67,68,69). The molecular formula is C60H119NO11S. The predicted octanol–water partition coefficient (Wildman–Crippen LogP) is 15.2. The number of aliphatic hydroxyl groups is 4. The zero-order chi connectivity index (χ0) is 53.3. The largest absolute Gasteiger partial charge is 0.397 e. The van der Waals surface area contributed by atoms with Crippen molar-refractivity contribution in [1.29, 1.82) is 0 Å². The number of aliphatic hydroxyl groups excluding tert-OH is 4. The van der Waals surface area contributed by atoms with Crippen molar-refractivity contribution in [1.82, 2.24) is 5.32 Å². The number of ether oxygens (including phenoxy) is 2. The van der Waals surface area contributed by atoms with Crippen molar-refractivity contribution < 1.29 is 51.8 Å². The fraction of sp³-hybridized carbons (Fsp3) is 0.983. The van der Waals surface area contributed by atoms with Gasteiger partial charge < -0.3 is 35.2 Å². The predicted molar refractivity (Wildman–Crippen MR) is 301 cm³/mol. The Morgan fingerprint density at radius 2 is 0.795 bits per heavy atom. The Hall–Kier alpha value is -0.900. The van der Waals surface area contributed by atoms with Crippen LogP contribution in [0.1, 0.15) is 322 Å². The van der Waals surface area contributed by atoms with Gasteiger partial charge in [-0.15, -0.1) is 0 Å². The van der Waals surface area contributed by atoms with Crippen LogP contribution in [0, 0.1) is 0 Å². The molecule has 0 aromatic heterocycles. The Balaban J connectivity index is 2.27. The molecule has 436 valence electrons. The molecule has 0 aromatic rings. The van der Waals surface area contributed by atoms with Gasteiger partial charge in [0.1, 0.15) is 24.4 Å². The average molecular weight is 1060 g/mol. The van der Waals surface area contributed by atoms with Crippen LogP contribution in [0.4, 0.5) is 0 Å². The zero-order valence-corrected chi connectivity index (χ0v) is 48.3. The van der Waals surface area contributed by atoms with Crippen molar-refractivity contribution in [3.05, 3.63) is 0 Å². The first kappa shape index (κ1) is 70.1. The minimum atomic E-state index is -5.08. The first-order valence-electron chi connectivity index (χ1n) is 31.4. The Morgan fingerprint density at radius 3 is 1.10 bits per heavy atom. The summed E-state index contributed by atoms with van der Waals surface area (Å²) in [6.45, 7) is 3.52. The molecule has 1 rings (SSSR count). The normalized spacial score (nSPS) is 19.1. The Bertz CT molecular complexity index is 1290. The van der Waals surface area contributed by atoms with E-state index >= 15 is 0 Å². The molecule has 1 amide bonds. The summed E-state index contributed by atoms with van der Waals surface area (Å²) >= 11 is 0. The van der Waals surface area contributed by atoms with Gasteiger partial charge in [-0.05, 0) is 12.8 Å². The van der Waals surface area contributed by atoms with Crippen molar-refractivity contribution in [3.8, 4) is 0 Å². The minimum absolute atomic E-state index is 0.221. The van der Waals surface area contributed by atoms with Crippen molar-refractivity contribution in [3.63, 3.8) is 0 Å². The van der Waals surface area contributed by atoms with E-state index in [1.54, 1.807) is 0 Å². The molecule has 0 saturated carbocycles. The summed E-state index contributed by atoms with van der Waals surface area (Å²) in [7, 11) is -5.08. The van der Waals surface area contributed by atoms with E-state index in [0.29, 0.717) is 12.8 Å². The van der Waals surface area contributed by atoms with E-state index in [1.165, 1.54) is 244 Å². The van der Waals surface area contributed by atoms with Gasteiger partial charge in [-0.25, -0.2) is 4.18 Å². The summed E-state index contributed by atoms with van der Waals surface area (Å²) in [6, 6.07) is -0.854. The molecule has 6 N–H and O–H groups in total. The highest BCUT2D eigenvalue weighted by Gasteiger charge is 2.48. The molecule has 1 aliphatic heterocycles. The van der Waals surface area contributed by atoms with Crippen molar-refractivity contribution in [2.24, 2.45) is 0 Å². The quantitative estimate of drug-likeness (QED) is 0.0251. The Morgan fingerprint density at radius 1 is 0.493 bits per heavy atom. The molecule has 1 heterocycles. The lowest BCUT2D eigenvalue weighted by Gasteiger charge is -2.41. The zero-order valence-electron chi connectivity index (χ0n) is 47.5. The van der Waals surface area contributed by atoms with Crippen LogP contribution in [0.25, 0.3) is 0 Å². The van der Waals surface area contributed by atoms with E-state index in [0.717, 1.165) is 51.4 Å². The Kier molecular flexibility index (Phi) is 48.6. The van der Waals surface area contributed by atoms with Crippen LogP contribution in [-0.4, -0.2) is 95.4 Å². The smallest absolute Gasteiger partial charge is 0.394 e. The van der Waals surface area contributed by atoms with Crippen LogP contribution in [0.5, 0.6) is 0 Å². The highest BCUT2D eigenvalue weighted by atomic mass is 32.3. The third kappa shape index (κ3) is 42.8. The number of carbonyl (C=O) groups excluding carboxylic acids is 1. The van der Waals surface area contributed by atoms with E-state index in [9.17, 15) is 38.2 Å². The first-order valence-corrected chi connectivity index (χ1v) is 32.8. The molecule has 0 aromatic carbocycles. The van der Waals surface area contributed by atoms with Crippen molar-refractivity contribution in [2.75, 3.05) is 13.2 Å². The molecule has 0 spiro atoms. The number of unbranched alkanes of at least 4 members (excludes halogenated alkanes) is 44. The highest BCUT2D eigenvalue weighted by molar-refractivity contribution is 7.80. The average Bonchev–Trinajstić information content (AvgIpc) is 3.37. The second kappa shape index (κ2) is 50.6. The van der Waals surface area contributed by atoms with Crippen LogP contribution in [0.3, 0.4) is 0 Å². The van der Waals surface area contributed by atoms with Crippen LogP contribution >= 0.6 is 0 Å². The number of rotatable bonds is 56. The number of amides is 1. The fourth-order valence-electron chi connectivity index (χ4n) is 10.6. The number of carbonyl (C=O) groups is 1. The van der Waals surface area contributed by atoms with Gasteiger partial charge in [0.15, 0.2) is 6.29 Å². The molecule has 0 aliphatic carbocycles. The second-order valence-electron chi connectivity index (χ2n) is 22.4. The van der Waals surface area contributed by atoms with E-state index in [-0.39, 0.29) is 12.5 Å². The van der Waals surface area contributed by atoms with Gasteiger partial charge in [-0.2, -0.15) is 8.42 Å². The molecule has 7 unspecified atom stereocenters. The molecule has 1 fully saturated rings. The van der Waals surface area contributed by atoms with Gasteiger partial charge in [-0.3, -0.25) is 9.35 Å². The molecule has 13 heteroatoms. The summed E-state index contributed by atoms with van der Waals surface area (Å²) in [5, 5.41) is 45.2. The van der Waals surface area contributed by atoms with Crippen LogP contribution in [-0.2, 0) is 28.9 Å². The molecule has 0 radical (unpaired) electrons. The summed E-state index contributed by atoms with van der Waals surface area (Å²) in [6.07, 6.45) is 51.2. The molecular weight excluding hydrogens is 943 g/mol. The minimum Gasteiger partial charge on any atom is -0.394 e. The lowest BCUT2D eigenvalue weighted by molar-refractivity contribution is -0.298. The van der Waals surface area contributed by atoms with Crippen molar-refractivity contribution in [2.45, 2.75) is 365 Å². The molecule has 1 aliphatic rings. The molecule has 1 saturated heterocycles. The SMILES string of the molecule is CCCCCCCCCCCCCCCCCCCCCCCCCCCCCC(=O)NC(COC1OC(CO)C(O)C(OS(=O)(=O)O)C1O)C(O)CCCCCCCCCCCCCCCCCCCCC. The van der Waals surface area contributed by atoms with Gasteiger partial charge in [0.25, 0.3) is 0 Å². The maximum Gasteiger partial charge on any atom is 0.397 e. The summed E-state index contributed by atoms with van der Waals surface area (Å²) < 4.78 is 48.0. The molecule has 73 heavy (non-hydrogen) atoms. The van der Waals surface area contributed by atoms with Gasteiger partial charge in [-0.1, -0.05) is 303 Å². The topological polar surface area (TPSA) is 192 Å². The van der Waals surface area contributed by atoms with Gasteiger partial charge >= 0.3 is 10.4 Å². The lowest BCUT2D eigenvalue weighted by Crippen LogP contribution is -2.61.